The van der Waals surface area contributed by atoms with E-state index in [9.17, 15) is 0 Å². The van der Waals surface area contributed by atoms with E-state index in [4.69, 9.17) is 0 Å². The lowest BCUT2D eigenvalue weighted by molar-refractivity contribution is -0.927. The Bertz CT molecular complexity index is 575. The van der Waals surface area contributed by atoms with Crippen LogP contribution in [-0.4, -0.2) is 61.8 Å². The van der Waals surface area contributed by atoms with Crippen molar-refractivity contribution in [3.63, 3.8) is 0 Å². The molecule has 2 nitrogen and oxygen atoms in total. The summed E-state index contributed by atoms with van der Waals surface area (Å²) in [5, 5.41) is 0. The van der Waals surface area contributed by atoms with Crippen LogP contribution in [0.4, 0.5) is 0 Å². The molecule has 0 radical (unpaired) electrons. The first-order chi connectivity index (χ1) is 25.9. The summed E-state index contributed by atoms with van der Waals surface area (Å²) in [6.45, 7) is 26.4. The smallest absolute Gasteiger partial charge is 0.0786 e. The molecular weight excluding hydrogens is 711 g/mol. The molecule has 0 aromatic carbocycles. The molecule has 0 aliphatic carbocycles. The van der Waals surface area contributed by atoms with Crippen LogP contribution < -0.4 is 24.8 Å². The van der Waals surface area contributed by atoms with Crippen molar-refractivity contribution < 1.29 is 33.8 Å². The highest BCUT2D eigenvalue weighted by Gasteiger charge is 2.24. The Balaban J connectivity index is -0.000000457. The summed E-state index contributed by atoms with van der Waals surface area (Å²) in [6, 6.07) is 0. The fourth-order valence-corrected chi connectivity index (χ4v) is 8.65. The van der Waals surface area contributed by atoms with Gasteiger partial charge in [-0.15, -0.1) is 0 Å². The largest absolute Gasteiger partial charge is 1.00 e. The van der Waals surface area contributed by atoms with E-state index in [0.717, 1.165) is 0 Å². The number of nitrogens with zero attached hydrogens (tertiary/aromatic N) is 2. The van der Waals surface area contributed by atoms with Gasteiger partial charge >= 0.3 is 0 Å². The van der Waals surface area contributed by atoms with Crippen molar-refractivity contribution in [1.82, 2.24) is 0 Å². The molecule has 0 unspecified atom stereocenters. The minimum absolute atomic E-state index is 0. The van der Waals surface area contributed by atoms with Gasteiger partial charge in [0.25, 0.3) is 0 Å². The Kier molecular flexibility index (Phi) is 57.2. The van der Waals surface area contributed by atoms with Gasteiger partial charge in [0.2, 0.25) is 0 Å². The van der Waals surface area contributed by atoms with Crippen LogP contribution in [0, 0.1) is 0 Å². The minimum Gasteiger partial charge on any atom is -1.00 e. The number of rotatable bonds is 43. The van der Waals surface area contributed by atoms with Crippen LogP contribution in [0.15, 0.2) is 0 Å². The molecule has 0 atom stereocenters. The Morgan fingerprint density at radius 3 is 0.564 bits per heavy atom. The number of quaternary nitrogens is 2. The summed E-state index contributed by atoms with van der Waals surface area (Å²) in [7, 11) is 2.56. The molecule has 0 aliphatic rings. The van der Waals surface area contributed by atoms with E-state index in [0.29, 0.717) is 0 Å². The highest BCUT2D eigenvalue weighted by Crippen LogP contribution is 2.19. The molecule has 0 aromatic heterocycles. The van der Waals surface area contributed by atoms with Gasteiger partial charge in [-0.3, -0.25) is 0 Å². The Hall–Kier alpha value is 0.500. The van der Waals surface area contributed by atoms with Gasteiger partial charge < -0.3 is 33.8 Å². The summed E-state index contributed by atoms with van der Waals surface area (Å²) < 4.78 is 2.78. The summed E-state index contributed by atoms with van der Waals surface area (Å²) in [6.07, 6.45) is 51.8. The predicted octanol–water partition coefficient (Wildman–Crippen LogP) is 11.4. The van der Waals surface area contributed by atoms with Gasteiger partial charge in [0.05, 0.1) is 52.9 Å². The number of unbranched alkanes of at least 4 members (excludes halogenated alkanes) is 30. The molecule has 0 saturated heterocycles. The zero-order valence-corrected chi connectivity index (χ0v) is 41.6. The molecule has 4 heteroatoms. The highest BCUT2D eigenvalue weighted by molar-refractivity contribution is 4.54. The van der Waals surface area contributed by atoms with Crippen LogP contribution in [0.3, 0.4) is 0 Å². The fraction of sp³-hybridized carbons (Fsp3) is 1.00. The topological polar surface area (TPSA) is 0 Å². The minimum atomic E-state index is 0. The molecule has 0 fully saturated rings. The second-order valence-corrected chi connectivity index (χ2v) is 18.2. The summed E-state index contributed by atoms with van der Waals surface area (Å²) in [5.41, 5.74) is 0. The van der Waals surface area contributed by atoms with Crippen LogP contribution in [0.2, 0.25) is 0 Å². The van der Waals surface area contributed by atoms with E-state index in [-0.39, 0.29) is 24.8 Å². The van der Waals surface area contributed by atoms with Crippen molar-refractivity contribution in [1.29, 1.82) is 0 Å². The fourth-order valence-electron chi connectivity index (χ4n) is 8.65. The molecule has 0 bridgehead atoms. The first-order valence-electron chi connectivity index (χ1n) is 25.6. The van der Waals surface area contributed by atoms with Crippen molar-refractivity contribution in [2.24, 2.45) is 0 Å². The molecule has 0 aliphatic heterocycles. The Morgan fingerprint density at radius 1 is 0.218 bits per heavy atom. The zero-order chi connectivity index (χ0) is 39.4. The normalized spacial score (nSPS) is 11.6. The molecule has 0 amide bonds. The molecule has 0 heterocycles. The molecular formula is C51H110Cl2N2. The third-order valence-corrected chi connectivity index (χ3v) is 12.8. The summed E-state index contributed by atoms with van der Waals surface area (Å²) in [4.78, 5) is 0. The van der Waals surface area contributed by atoms with Crippen LogP contribution in [0.1, 0.15) is 280 Å². The van der Waals surface area contributed by atoms with E-state index in [2.05, 4.69) is 55.5 Å². The maximum absolute atomic E-state index is 2.56. The molecule has 0 aromatic rings. The zero-order valence-electron chi connectivity index (χ0n) is 40.1. The lowest BCUT2D eigenvalue weighted by Crippen LogP contribution is -3.00. The molecule has 0 spiro atoms. The lowest BCUT2D eigenvalue weighted by atomic mass is 10.1. The van der Waals surface area contributed by atoms with E-state index in [1.54, 1.807) is 0 Å². The van der Waals surface area contributed by atoms with Crippen molar-refractivity contribution in [2.45, 2.75) is 280 Å². The second-order valence-electron chi connectivity index (χ2n) is 18.2. The third-order valence-electron chi connectivity index (χ3n) is 12.8. The van der Waals surface area contributed by atoms with Crippen LogP contribution in [0.5, 0.6) is 0 Å². The van der Waals surface area contributed by atoms with Gasteiger partial charge in [-0.2, -0.15) is 0 Å². The monoisotopic (exact) mass is 821 g/mol. The number of halogens is 2. The average molecular weight is 822 g/mol. The molecule has 0 rings (SSSR count). The highest BCUT2D eigenvalue weighted by atomic mass is 35.5. The molecule has 0 saturated carbocycles. The van der Waals surface area contributed by atoms with Gasteiger partial charge in [-0.25, -0.2) is 0 Å². The van der Waals surface area contributed by atoms with Crippen molar-refractivity contribution in [3.05, 3.63) is 0 Å². The number of hydrogen-bond donors (Lipinski definition) is 0. The van der Waals surface area contributed by atoms with Crippen LogP contribution >= 0.6 is 0 Å². The SMILES string of the molecule is CCCCCCCC[N+](C)(CCCCCCCC)CCCCCCCC.CCCCCCCC[N+](CC)(CCCCCCCC)CCCCCCCC.[Cl-].[Cl-]. The standard InChI is InChI=1S/C26H56N.C25H54N.2ClH/c1-5-9-12-15-18-21-24-27(8-4,25-22-19-16-13-10-6-2)26-23-20-17-14-11-7-3;1-5-8-11-14-17-20-23-26(4,24-21-18-15-12-9-6-2)25-22-19-16-13-10-7-3;;/h5-26H2,1-4H3;5-25H2,1-4H3;2*1H/q2*+1;;/p-2. The predicted molar refractivity (Wildman–Crippen MR) is 246 cm³/mol. The molecule has 338 valence electrons. The van der Waals surface area contributed by atoms with Crippen molar-refractivity contribution in [3.8, 4) is 0 Å². The van der Waals surface area contributed by atoms with Gasteiger partial charge in [-0.1, -0.05) is 196 Å². The average Bonchev–Trinajstić information content (AvgIpc) is 3.17. The van der Waals surface area contributed by atoms with Gasteiger partial charge in [0.1, 0.15) is 0 Å². The van der Waals surface area contributed by atoms with Gasteiger partial charge in [0, 0.05) is 0 Å². The van der Waals surface area contributed by atoms with Gasteiger partial charge in [0.15, 0.2) is 0 Å². The number of hydrogen-bond acceptors (Lipinski definition) is 0. The maximum Gasteiger partial charge on any atom is 0.0786 e. The lowest BCUT2D eigenvalue weighted by Gasteiger charge is -2.38. The van der Waals surface area contributed by atoms with Crippen molar-refractivity contribution >= 4 is 0 Å². The Labute approximate surface area is 364 Å². The summed E-state index contributed by atoms with van der Waals surface area (Å²) >= 11 is 0. The first-order valence-corrected chi connectivity index (χ1v) is 25.6. The van der Waals surface area contributed by atoms with Crippen LogP contribution in [-0.2, 0) is 0 Å². The maximum atomic E-state index is 2.56. The molecule has 55 heavy (non-hydrogen) atoms. The van der Waals surface area contributed by atoms with E-state index >= 15 is 0 Å². The van der Waals surface area contributed by atoms with Gasteiger partial charge in [-0.05, 0) is 84.0 Å². The first kappa shape index (κ1) is 62.2. The quantitative estimate of drug-likeness (QED) is 0.0425. The third kappa shape index (κ3) is 45.4. The summed E-state index contributed by atoms with van der Waals surface area (Å²) in [5.74, 6) is 0. The Morgan fingerprint density at radius 2 is 0.382 bits per heavy atom. The van der Waals surface area contributed by atoms with Crippen molar-refractivity contribution in [2.75, 3.05) is 52.9 Å². The van der Waals surface area contributed by atoms with E-state index in [1.165, 1.54) is 286 Å². The van der Waals surface area contributed by atoms with E-state index < -0.39 is 0 Å². The second kappa shape index (κ2) is 50.6. The molecule has 0 N–H and O–H groups in total. The van der Waals surface area contributed by atoms with E-state index in [1.807, 2.05) is 0 Å². The van der Waals surface area contributed by atoms with Crippen LogP contribution in [0.25, 0.3) is 0 Å².